The van der Waals surface area contributed by atoms with Crippen LogP contribution in [0.3, 0.4) is 0 Å². The Kier molecular flexibility index (Phi) is 6.01. The molecular weight excluding hydrogens is 456 g/mol. The van der Waals surface area contributed by atoms with Crippen LogP contribution in [0.1, 0.15) is 11.1 Å². The first-order valence-corrected chi connectivity index (χ1v) is 9.84. The van der Waals surface area contributed by atoms with E-state index in [1.165, 1.54) is 30.3 Å². The topological polar surface area (TPSA) is 84.2 Å². The molecule has 0 saturated carbocycles. The zero-order chi connectivity index (χ0) is 20.4. The van der Waals surface area contributed by atoms with Crippen molar-refractivity contribution < 1.29 is 22.3 Å². The quantitative estimate of drug-likeness (QED) is 0.553. The van der Waals surface area contributed by atoms with Crippen LogP contribution in [0, 0.1) is 18.6 Å². The van der Waals surface area contributed by atoms with Crippen LogP contribution < -0.4 is 5.32 Å². The van der Waals surface area contributed by atoms with Crippen molar-refractivity contribution in [3.05, 3.63) is 70.0 Å². The number of anilines is 1. The Labute approximate surface area is 170 Å². The Balaban J connectivity index is 1.82. The minimum atomic E-state index is -2.39. The first-order valence-electron chi connectivity index (χ1n) is 7.94. The fourth-order valence-corrected chi connectivity index (χ4v) is 3.57. The summed E-state index contributed by atoms with van der Waals surface area (Å²) in [5, 5.41) is 6.41. The van der Waals surface area contributed by atoms with Crippen molar-refractivity contribution in [2.75, 3.05) is 5.32 Å². The number of carbonyl (C=O) groups is 1. The van der Waals surface area contributed by atoms with E-state index < -0.39 is 22.7 Å². The van der Waals surface area contributed by atoms with Crippen LogP contribution in [0.25, 0.3) is 5.69 Å². The molecule has 0 aliphatic rings. The Bertz CT molecular complexity index is 1090. The summed E-state index contributed by atoms with van der Waals surface area (Å²) in [4.78, 5) is 12.3. The number of amides is 1. The van der Waals surface area contributed by atoms with Crippen molar-refractivity contribution in [2.45, 2.75) is 18.2 Å². The maximum Gasteiger partial charge on any atom is 0.228 e. The zero-order valence-electron chi connectivity index (χ0n) is 14.4. The SMILES string of the molecule is Cc1cc(F)c(Br)cc1CC(=O)Nc1ccc(-n2cc(F)cn2)c(S(=O)O)c1. The van der Waals surface area contributed by atoms with Crippen LogP contribution in [-0.4, -0.2) is 24.4 Å². The highest BCUT2D eigenvalue weighted by Crippen LogP contribution is 2.24. The van der Waals surface area contributed by atoms with Gasteiger partial charge in [-0.25, -0.2) is 17.7 Å². The van der Waals surface area contributed by atoms with Gasteiger partial charge in [0.25, 0.3) is 0 Å². The highest BCUT2D eigenvalue weighted by Gasteiger charge is 2.15. The van der Waals surface area contributed by atoms with Crippen molar-refractivity contribution >= 4 is 38.6 Å². The molecule has 0 fully saturated rings. The lowest BCUT2D eigenvalue weighted by atomic mass is 10.1. The summed E-state index contributed by atoms with van der Waals surface area (Å²) < 4.78 is 49.3. The maximum absolute atomic E-state index is 13.5. The van der Waals surface area contributed by atoms with Gasteiger partial charge in [-0.05, 0) is 64.3 Å². The molecule has 0 saturated heterocycles. The summed E-state index contributed by atoms with van der Waals surface area (Å²) in [7, 11) is 0. The fraction of sp³-hybridized carbons (Fsp3) is 0.111. The molecule has 0 aliphatic carbocycles. The van der Waals surface area contributed by atoms with E-state index in [0.29, 0.717) is 11.1 Å². The second kappa shape index (κ2) is 8.29. The minimum Gasteiger partial charge on any atom is -0.326 e. The minimum absolute atomic E-state index is 0.00558. The maximum atomic E-state index is 13.5. The molecule has 2 N–H and O–H groups in total. The Hall–Kier alpha value is -2.43. The molecule has 2 aromatic carbocycles. The third-order valence-corrected chi connectivity index (χ3v) is 5.27. The molecule has 6 nitrogen and oxygen atoms in total. The molecule has 3 rings (SSSR count). The van der Waals surface area contributed by atoms with Gasteiger partial charge in [-0.2, -0.15) is 5.10 Å². The molecule has 0 bridgehead atoms. The molecule has 1 aromatic heterocycles. The molecule has 1 atom stereocenters. The van der Waals surface area contributed by atoms with E-state index in [-0.39, 0.29) is 33.1 Å². The van der Waals surface area contributed by atoms with E-state index in [1.54, 1.807) is 6.92 Å². The summed E-state index contributed by atoms with van der Waals surface area (Å²) in [6.07, 6.45) is 2.04. The number of hydrogen-bond acceptors (Lipinski definition) is 3. The first-order chi connectivity index (χ1) is 13.2. The van der Waals surface area contributed by atoms with Crippen LogP contribution in [0.4, 0.5) is 14.5 Å². The standard InChI is InChI=1S/C18H14BrF2N3O3S/c1-10-4-15(21)14(19)5-11(10)6-18(25)23-13-2-3-16(17(7-13)28(26)27)24-9-12(20)8-22-24/h2-5,7-9H,6H2,1H3,(H,23,25)(H,26,27). The molecular formula is C18H14BrF2N3O3S. The summed E-state index contributed by atoms with van der Waals surface area (Å²) in [5.41, 5.74) is 1.77. The van der Waals surface area contributed by atoms with Crippen LogP contribution in [0.15, 0.2) is 52.1 Å². The van der Waals surface area contributed by atoms with Gasteiger partial charge in [0.1, 0.15) is 5.82 Å². The molecule has 1 heterocycles. The van der Waals surface area contributed by atoms with Crippen LogP contribution in [-0.2, 0) is 22.3 Å². The van der Waals surface area contributed by atoms with Crippen molar-refractivity contribution in [3.63, 3.8) is 0 Å². The van der Waals surface area contributed by atoms with Gasteiger partial charge in [-0.15, -0.1) is 0 Å². The largest absolute Gasteiger partial charge is 0.326 e. The molecule has 0 radical (unpaired) electrons. The summed E-state index contributed by atoms with van der Waals surface area (Å²) in [6.45, 7) is 1.70. The lowest BCUT2D eigenvalue weighted by Gasteiger charge is -2.11. The Morgan fingerprint density at radius 1 is 1.32 bits per heavy atom. The summed E-state index contributed by atoms with van der Waals surface area (Å²) in [6, 6.07) is 7.14. The predicted molar refractivity (Wildman–Crippen MR) is 104 cm³/mol. The number of benzene rings is 2. The van der Waals surface area contributed by atoms with Crippen LogP contribution in [0.5, 0.6) is 0 Å². The third kappa shape index (κ3) is 4.51. The van der Waals surface area contributed by atoms with Gasteiger partial charge in [-0.3, -0.25) is 4.79 Å². The van der Waals surface area contributed by atoms with Crippen molar-refractivity contribution in [1.29, 1.82) is 0 Å². The van der Waals surface area contributed by atoms with E-state index in [4.69, 9.17) is 0 Å². The number of carbonyl (C=O) groups excluding carboxylic acids is 1. The van der Waals surface area contributed by atoms with Gasteiger partial charge in [0.05, 0.1) is 33.9 Å². The van der Waals surface area contributed by atoms with Gasteiger partial charge < -0.3 is 9.87 Å². The number of nitrogens with zero attached hydrogens (tertiary/aromatic N) is 2. The number of aryl methyl sites for hydroxylation is 1. The van der Waals surface area contributed by atoms with Gasteiger partial charge in [-0.1, -0.05) is 0 Å². The van der Waals surface area contributed by atoms with E-state index >= 15 is 0 Å². The van der Waals surface area contributed by atoms with Gasteiger partial charge >= 0.3 is 0 Å². The number of hydrogen-bond donors (Lipinski definition) is 2. The zero-order valence-corrected chi connectivity index (χ0v) is 16.9. The van der Waals surface area contributed by atoms with E-state index in [9.17, 15) is 22.3 Å². The van der Waals surface area contributed by atoms with Crippen molar-refractivity contribution in [2.24, 2.45) is 0 Å². The summed E-state index contributed by atoms with van der Waals surface area (Å²) >= 11 is 0.704. The second-order valence-corrected chi connectivity index (χ2v) is 7.75. The number of nitrogens with one attached hydrogen (secondary N) is 1. The third-order valence-electron chi connectivity index (χ3n) is 3.96. The van der Waals surface area contributed by atoms with Crippen molar-refractivity contribution in [3.8, 4) is 5.69 Å². The van der Waals surface area contributed by atoms with Crippen LogP contribution in [0.2, 0.25) is 0 Å². The highest BCUT2D eigenvalue weighted by atomic mass is 79.9. The molecule has 1 amide bonds. The molecule has 10 heteroatoms. The van der Waals surface area contributed by atoms with E-state index in [2.05, 4.69) is 26.3 Å². The van der Waals surface area contributed by atoms with Gasteiger partial charge in [0, 0.05) is 5.69 Å². The molecule has 146 valence electrons. The lowest BCUT2D eigenvalue weighted by molar-refractivity contribution is -0.115. The number of aromatic nitrogens is 2. The Morgan fingerprint density at radius 2 is 2.07 bits per heavy atom. The lowest BCUT2D eigenvalue weighted by Crippen LogP contribution is -2.16. The second-order valence-electron chi connectivity index (χ2n) is 5.95. The highest BCUT2D eigenvalue weighted by molar-refractivity contribution is 9.10. The first kappa shape index (κ1) is 20.3. The van der Waals surface area contributed by atoms with E-state index in [0.717, 1.165) is 17.1 Å². The number of rotatable bonds is 5. The average molecular weight is 470 g/mol. The predicted octanol–water partition coefficient (Wildman–Crippen LogP) is 3.98. The molecule has 1 unspecified atom stereocenters. The normalized spacial score (nSPS) is 12.0. The Morgan fingerprint density at radius 3 is 2.71 bits per heavy atom. The number of halogens is 3. The van der Waals surface area contributed by atoms with E-state index in [1.807, 2.05) is 0 Å². The molecule has 0 spiro atoms. The monoisotopic (exact) mass is 469 g/mol. The molecule has 28 heavy (non-hydrogen) atoms. The van der Waals surface area contributed by atoms with Gasteiger partial charge in [0.2, 0.25) is 5.91 Å². The van der Waals surface area contributed by atoms with Gasteiger partial charge in [0.15, 0.2) is 16.9 Å². The fourth-order valence-electron chi connectivity index (χ4n) is 2.61. The van der Waals surface area contributed by atoms with Crippen LogP contribution >= 0.6 is 15.9 Å². The average Bonchev–Trinajstić information content (AvgIpc) is 3.05. The van der Waals surface area contributed by atoms with Crippen molar-refractivity contribution in [1.82, 2.24) is 9.78 Å². The summed E-state index contributed by atoms with van der Waals surface area (Å²) in [5.74, 6) is -1.38. The molecule has 0 aliphatic heterocycles. The molecule has 3 aromatic rings. The smallest absolute Gasteiger partial charge is 0.228 e.